The molecule has 0 aliphatic carbocycles. The van der Waals surface area contributed by atoms with E-state index < -0.39 is 0 Å². The van der Waals surface area contributed by atoms with Crippen LogP contribution in [0.5, 0.6) is 11.5 Å². The van der Waals surface area contributed by atoms with Crippen molar-refractivity contribution in [3.63, 3.8) is 0 Å². The first-order valence-electron chi connectivity index (χ1n) is 12.0. The van der Waals surface area contributed by atoms with Crippen LogP contribution in [0.25, 0.3) is 0 Å². The van der Waals surface area contributed by atoms with Crippen molar-refractivity contribution in [2.24, 2.45) is 5.92 Å². The molecule has 3 aliphatic heterocycles. The lowest BCUT2D eigenvalue weighted by Gasteiger charge is -2.49. The minimum absolute atomic E-state index is 0.193. The number of aliphatic hydroxyl groups is 1. The van der Waals surface area contributed by atoms with Gasteiger partial charge in [0.2, 0.25) is 0 Å². The van der Waals surface area contributed by atoms with Crippen molar-refractivity contribution in [1.29, 1.82) is 0 Å². The average molecular weight is 404 g/mol. The molecule has 0 spiro atoms. The van der Waals surface area contributed by atoms with Gasteiger partial charge in [-0.05, 0) is 69.3 Å². The lowest BCUT2D eigenvalue weighted by molar-refractivity contribution is -0.0715. The van der Waals surface area contributed by atoms with Gasteiger partial charge in [-0.25, -0.2) is 0 Å². The van der Waals surface area contributed by atoms with Crippen molar-refractivity contribution >= 4 is 0 Å². The van der Waals surface area contributed by atoms with E-state index in [2.05, 4.69) is 30.0 Å². The molecule has 4 rings (SSSR count). The zero-order valence-corrected chi connectivity index (χ0v) is 18.6. The van der Waals surface area contributed by atoms with E-state index in [1.807, 2.05) is 6.92 Å². The summed E-state index contributed by atoms with van der Waals surface area (Å²) in [6, 6.07) is 6.58. The van der Waals surface area contributed by atoms with Crippen molar-refractivity contribution in [3.05, 3.63) is 23.8 Å². The third kappa shape index (κ3) is 6.36. The van der Waals surface area contributed by atoms with Gasteiger partial charge in [-0.3, -0.25) is 4.90 Å². The number of unbranched alkanes of at least 4 members (excludes halogenated alkanes) is 6. The maximum Gasteiger partial charge on any atom is 0.161 e. The molecule has 0 amide bonds. The number of benzene rings is 1. The topological polar surface area (TPSA) is 41.9 Å². The number of fused-ring (bicyclic) bond motifs is 3. The Labute approximate surface area is 177 Å². The molecule has 2 bridgehead atoms. The lowest BCUT2D eigenvalue weighted by Crippen LogP contribution is -2.58. The molecule has 2 unspecified atom stereocenters. The number of piperidine rings is 3. The molecule has 0 saturated carbocycles. The smallest absolute Gasteiger partial charge is 0.161 e. The van der Waals surface area contributed by atoms with Crippen LogP contribution in [0, 0.1) is 5.92 Å². The largest absolute Gasteiger partial charge is 0.490 e. The monoisotopic (exact) mass is 403 g/mol. The van der Waals surface area contributed by atoms with Crippen LogP contribution in [0.2, 0.25) is 0 Å². The summed E-state index contributed by atoms with van der Waals surface area (Å²) in [6.07, 6.45) is 12.0. The predicted molar refractivity (Wildman–Crippen MR) is 119 cm³/mol. The Morgan fingerprint density at radius 3 is 2.34 bits per heavy atom. The van der Waals surface area contributed by atoms with Crippen LogP contribution in [-0.4, -0.2) is 48.5 Å². The van der Waals surface area contributed by atoms with Crippen LogP contribution < -0.4 is 9.47 Å². The zero-order chi connectivity index (χ0) is 20.5. The molecule has 164 valence electrons. The summed E-state index contributed by atoms with van der Waals surface area (Å²) in [7, 11) is 0. The Balaban J connectivity index is 1.49. The predicted octanol–water partition coefficient (Wildman–Crippen LogP) is 5.21. The van der Waals surface area contributed by atoms with Crippen molar-refractivity contribution in [2.45, 2.75) is 90.2 Å². The van der Waals surface area contributed by atoms with Crippen LogP contribution in [0.15, 0.2) is 18.2 Å². The number of ether oxygens (including phenoxy) is 2. The second kappa shape index (κ2) is 11.8. The van der Waals surface area contributed by atoms with Crippen LogP contribution in [0.4, 0.5) is 0 Å². The van der Waals surface area contributed by atoms with Gasteiger partial charge < -0.3 is 14.6 Å². The van der Waals surface area contributed by atoms with Crippen LogP contribution in [0.3, 0.4) is 0 Å². The van der Waals surface area contributed by atoms with E-state index >= 15 is 0 Å². The first kappa shape index (κ1) is 22.4. The minimum atomic E-state index is -0.193. The molecule has 0 radical (unpaired) electrons. The number of hydrogen-bond acceptors (Lipinski definition) is 4. The van der Waals surface area contributed by atoms with Crippen molar-refractivity contribution in [1.82, 2.24) is 4.90 Å². The molecule has 4 heteroatoms. The van der Waals surface area contributed by atoms with E-state index in [0.29, 0.717) is 12.5 Å². The van der Waals surface area contributed by atoms with Gasteiger partial charge in [0.25, 0.3) is 0 Å². The van der Waals surface area contributed by atoms with Crippen molar-refractivity contribution < 1.29 is 14.6 Å². The standard InChI is InChI=1S/C25H41NO3/c1-3-5-6-7-8-9-10-17-29-23-12-11-20(19-24(23)28-4-2)18-22-25(27)21-13-15-26(22)16-14-21/h11-12,19,21-22,25,27H,3-10,13-18H2,1-2H3. The SMILES string of the molecule is CCCCCCCCCOc1ccc(CC2C(O)C3CCN2CC3)cc1OCC. The Bertz CT molecular complexity index is 596. The molecule has 2 atom stereocenters. The second-order valence-electron chi connectivity index (χ2n) is 8.82. The minimum Gasteiger partial charge on any atom is -0.490 e. The first-order chi connectivity index (χ1) is 14.2. The molecule has 3 saturated heterocycles. The molecular weight excluding hydrogens is 362 g/mol. The van der Waals surface area contributed by atoms with Gasteiger partial charge in [-0.2, -0.15) is 0 Å². The van der Waals surface area contributed by atoms with E-state index in [1.165, 1.54) is 44.1 Å². The highest BCUT2D eigenvalue weighted by Gasteiger charge is 2.40. The van der Waals surface area contributed by atoms with Crippen LogP contribution in [0.1, 0.15) is 77.2 Å². The average Bonchev–Trinajstić information content (AvgIpc) is 2.74. The summed E-state index contributed by atoms with van der Waals surface area (Å²) in [6.45, 7) is 7.92. The third-order valence-corrected chi connectivity index (χ3v) is 6.68. The number of aliphatic hydroxyl groups excluding tert-OH is 1. The summed E-state index contributed by atoms with van der Waals surface area (Å²) in [5, 5.41) is 10.7. The highest BCUT2D eigenvalue weighted by atomic mass is 16.5. The molecule has 0 aromatic heterocycles. The maximum atomic E-state index is 10.7. The molecule has 1 N–H and O–H groups in total. The van der Waals surface area contributed by atoms with E-state index in [9.17, 15) is 5.11 Å². The highest BCUT2D eigenvalue weighted by molar-refractivity contribution is 5.43. The number of hydrogen-bond donors (Lipinski definition) is 1. The third-order valence-electron chi connectivity index (χ3n) is 6.68. The molecular formula is C25H41NO3. The summed E-state index contributed by atoms with van der Waals surface area (Å²) < 4.78 is 11.9. The Morgan fingerprint density at radius 1 is 0.931 bits per heavy atom. The quantitative estimate of drug-likeness (QED) is 0.459. The fourth-order valence-corrected chi connectivity index (χ4v) is 4.92. The fourth-order valence-electron chi connectivity index (χ4n) is 4.92. The Morgan fingerprint density at radius 2 is 1.66 bits per heavy atom. The van der Waals surface area contributed by atoms with Gasteiger partial charge in [0, 0.05) is 6.04 Å². The lowest BCUT2D eigenvalue weighted by atomic mass is 9.78. The van der Waals surface area contributed by atoms with Crippen molar-refractivity contribution in [2.75, 3.05) is 26.3 Å². The van der Waals surface area contributed by atoms with Gasteiger partial charge in [-0.15, -0.1) is 0 Å². The van der Waals surface area contributed by atoms with Gasteiger partial charge in [-0.1, -0.05) is 51.5 Å². The number of nitrogens with zero attached hydrogens (tertiary/aromatic N) is 1. The number of rotatable bonds is 13. The molecule has 1 aromatic carbocycles. The van der Waals surface area contributed by atoms with Gasteiger partial charge in [0.05, 0.1) is 19.3 Å². The fraction of sp³-hybridized carbons (Fsp3) is 0.760. The zero-order valence-electron chi connectivity index (χ0n) is 18.6. The van der Waals surface area contributed by atoms with Crippen LogP contribution in [-0.2, 0) is 6.42 Å². The van der Waals surface area contributed by atoms with Gasteiger partial charge in [0.15, 0.2) is 11.5 Å². The Hall–Kier alpha value is -1.26. The molecule has 29 heavy (non-hydrogen) atoms. The highest BCUT2D eigenvalue weighted by Crippen LogP contribution is 2.35. The van der Waals surface area contributed by atoms with E-state index in [4.69, 9.17) is 9.47 Å². The van der Waals surface area contributed by atoms with Gasteiger partial charge in [0.1, 0.15) is 0 Å². The van der Waals surface area contributed by atoms with Crippen molar-refractivity contribution in [3.8, 4) is 11.5 Å². The van der Waals surface area contributed by atoms with E-state index in [0.717, 1.165) is 56.9 Å². The molecule has 3 fully saturated rings. The second-order valence-corrected chi connectivity index (χ2v) is 8.82. The summed E-state index contributed by atoms with van der Waals surface area (Å²) in [5.41, 5.74) is 1.23. The first-order valence-corrected chi connectivity index (χ1v) is 12.0. The normalized spacial score (nSPS) is 25.9. The van der Waals surface area contributed by atoms with Gasteiger partial charge >= 0.3 is 0 Å². The molecule has 1 aromatic rings. The van der Waals surface area contributed by atoms with E-state index in [1.54, 1.807) is 0 Å². The molecule has 4 nitrogen and oxygen atoms in total. The Kier molecular flexibility index (Phi) is 9.13. The van der Waals surface area contributed by atoms with E-state index in [-0.39, 0.29) is 12.1 Å². The maximum absolute atomic E-state index is 10.7. The summed E-state index contributed by atoms with van der Waals surface area (Å²) in [5.74, 6) is 2.19. The molecule has 3 aliphatic rings. The summed E-state index contributed by atoms with van der Waals surface area (Å²) in [4.78, 5) is 2.47. The summed E-state index contributed by atoms with van der Waals surface area (Å²) >= 11 is 0. The van der Waals surface area contributed by atoms with Crippen LogP contribution >= 0.6 is 0 Å². The molecule has 3 heterocycles.